The number of rotatable bonds is 0. The minimum Gasteiger partial charge on any atom is -0.133 e. The van der Waals surface area contributed by atoms with E-state index in [1.54, 1.807) is 11.3 Å². The summed E-state index contributed by atoms with van der Waals surface area (Å²) in [6, 6.07) is 6.41. The largest absolute Gasteiger partial charge is 0.133 e. The van der Waals surface area contributed by atoms with Crippen molar-refractivity contribution < 1.29 is 0 Å². The molecule has 12 heavy (non-hydrogen) atoms. The van der Waals surface area contributed by atoms with Crippen molar-refractivity contribution in [1.82, 2.24) is 0 Å². The fraction of sp³-hybridized carbons (Fsp3) is 0.111. The number of fused-ring (bicyclic) bond motifs is 1. The summed E-state index contributed by atoms with van der Waals surface area (Å²) in [5, 5.41) is 1.27. The van der Waals surface area contributed by atoms with Gasteiger partial charge < -0.3 is 0 Å². The SMILES string of the molecule is Cc1cc(Br)c2sc(S)cc2c1. The molecule has 2 aromatic rings. The molecule has 1 aromatic heterocycles. The molecule has 0 atom stereocenters. The van der Waals surface area contributed by atoms with Gasteiger partial charge in [0.05, 0.1) is 4.21 Å². The van der Waals surface area contributed by atoms with Crippen molar-refractivity contribution in [3.05, 3.63) is 28.2 Å². The van der Waals surface area contributed by atoms with Gasteiger partial charge in [-0.15, -0.1) is 24.0 Å². The standard InChI is InChI=1S/C9H7BrS2/c1-5-2-6-4-8(11)12-9(6)7(10)3-5/h2-4,11H,1H3. The maximum absolute atomic E-state index is 4.32. The van der Waals surface area contributed by atoms with E-state index in [4.69, 9.17) is 0 Å². The zero-order chi connectivity index (χ0) is 8.72. The minimum absolute atomic E-state index is 1.07. The normalized spacial score (nSPS) is 10.9. The van der Waals surface area contributed by atoms with E-state index in [0.717, 1.165) is 4.21 Å². The van der Waals surface area contributed by atoms with E-state index < -0.39 is 0 Å². The van der Waals surface area contributed by atoms with Crippen molar-refractivity contribution in [2.24, 2.45) is 0 Å². The third-order valence-corrected chi connectivity index (χ3v) is 3.98. The van der Waals surface area contributed by atoms with Crippen LogP contribution in [-0.4, -0.2) is 0 Å². The number of benzene rings is 1. The van der Waals surface area contributed by atoms with E-state index in [2.05, 4.69) is 53.7 Å². The quantitative estimate of drug-likeness (QED) is 0.671. The molecule has 62 valence electrons. The fourth-order valence-corrected chi connectivity index (χ4v) is 3.27. The highest BCUT2D eigenvalue weighted by Crippen LogP contribution is 2.34. The van der Waals surface area contributed by atoms with Gasteiger partial charge in [-0.2, -0.15) is 0 Å². The molecule has 1 aromatic carbocycles. The summed E-state index contributed by atoms with van der Waals surface area (Å²) < 4.78 is 3.52. The van der Waals surface area contributed by atoms with Crippen LogP contribution in [0, 0.1) is 6.92 Å². The molecule has 1 heterocycles. The van der Waals surface area contributed by atoms with Gasteiger partial charge in [-0.3, -0.25) is 0 Å². The summed E-state index contributed by atoms with van der Waals surface area (Å²) >= 11 is 9.56. The van der Waals surface area contributed by atoms with E-state index in [9.17, 15) is 0 Å². The number of hydrogen-bond acceptors (Lipinski definition) is 2. The van der Waals surface area contributed by atoms with E-state index >= 15 is 0 Å². The predicted molar refractivity (Wildman–Crippen MR) is 61.5 cm³/mol. The van der Waals surface area contributed by atoms with Crippen LogP contribution in [0.2, 0.25) is 0 Å². The molecule has 0 fully saturated rings. The van der Waals surface area contributed by atoms with Crippen molar-refractivity contribution in [2.75, 3.05) is 0 Å². The lowest BCUT2D eigenvalue weighted by Gasteiger charge is -1.95. The maximum atomic E-state index is 4.32. The molecule has 2 rings (SSSR count). The Hall–Kier alpha value is 0.01000. The molecule has 0 unspecified atom stereocenters. The molecule has 0 amide bonds. The Bertz CT molecular complexity index is 431. The number of thiophene rings is 1. The van der Waals surface area contributed by atoms with Gasteiger partial charge in [0, 0.05) is 9.17 Å². The minimum atomic E-state index is 1.07. The molecule has 0 saturated carbocycles. The fourth-order valence-electron chi connectivity index (χ4n) is 1.24. The number of aryl methyl sites for hydroxylation is 1. The van der Waals surface area contributed by atoms with Crippen molar-refractivity contribution in [3.63, 3.8) is 0 Å². The second-order valence-electron chi connectivity index (χ2n) is 2.75. The Morgan fingerprint density at radius 2 is 2.08 bits per heavy atom. The van der Waals surface area contributed by atoms with Gasteiger partial charge >= 0.3 is 0 Å². The lowest BCUT2D eigenvalue weighted by molar-refractivity contribution is 1.50. The summed E-state index contributed by atoms with van der Waals surface area (Å²) in [7, 11) is 0. The highest BCUT2D eigenvalue weighted by molar-refractivity contribution is 9.10. The average molecular weight is 259 g/mol. The number of hydrogen-bond donors (Lipinski definition) is 1. The van der Waals surface area contributed by atoms with Crippen LogP contribution >= 0.6 is 39.9 Å². The molecule has 0 aliphatic rings. The second kappa shape index (κ2) is 3.05. The summed E-state index contributed by atoms with van der Waals surface area (Å²) in [5.41, 5.74) is 1.28. The van der Waals surface area contributed by atoms with Crippen LogP contribution in [0.15, 0.2) is 26.9 Å². The van der Waals surface area contributed by atoms with Gasteiger partial charge in [0.15, 0.2) is 0 Å². The van der Waals surface area contributed by atoms with E-state index in [1.165, 1.54) is 20.1 Å². The van der Waals surface area contributed by atoms with Crippen molar-refractivity contribution in [1.29, 1.82) is 0 Å². The Balaban J connectivity index is 2.88. The van der Waals surface area contributed by atoms with Crippen LogP contribution < -0.4 is 0 Å². The second-order valence-corrected chi connectivity index (χ2v) is 5.44. The summed E-state index contributed by atoms with van der Waals surface area (Å²) in [6.45, 7) is 2.10. The zero-order valence-electron chi connectivity index (χ0n) is 6.47. The zero-order valence-corrected chi connectivity index (χ0v) is 9.76. The molecule has 0 nitrogen and oxygen atoms in total. The van der Waals surface area contributed by atoms with Crippen LogP contribution in [0.3, 0.4) is 0 Å². The van der Waals surface area contributed by atoms with Crippen LogP contribution in [0.25, 0.3) is 10.1 Å². The van der Waals surface area contributed by atoms with Gasteiger partial charge in [-0.05, 0) is 45.9 Å². The topological polar surface area (TPSA) is 0 Å². The molecular weight excluding hydrogens is 252 g/mol. The first-order valence-electron chi connectivity index (χ1n) is 3.55. The molecule has 0 aliphatic heterocycles. The lowest BCUT2D eigenvalue weighted by atomic mass is 10.2. The first-order chi connectivity index (χ1) is 5.66. The van der Waals surface area contributed by atoms with E-state index in [0.29, 0.717) is 0 Å². The van der Waals surface area contributed by atoms with Crippen LogP contribution in [0.1, 0.15) is 5.56 Å². The van der Waals surface area contributed by atoms with Crippen molar-refractivity contribution >= 4 is 50.0 Å². The molecule has 0 saturated heterocycles. The molecular formula is C9H7BrS2. The van der Waals surface area contributed by atoms with Gasteiger partial charge in [0.25, 0.3) is 0 Å². The third-order valence-electron chi connectivity index (χ3n) is 1.70. The van der Waals surface area contributed by atoms with Gasteiger partial charge in [0.2, 0.25) is 0 Å². The summed E-state index contributed by atoms with van der Waals surface area (Å²) in [4.78, 5) is 0. The predicted octanol–water partition coefficient (Wildman–Crippen LogP) is 4.26. The first-order valence-corrected chi connectivity index (χ1v) is 5.61. The van der Waals surface area contributed by atoms with Crippen LogP contribution in [-0.2, 0) is 0 Å². The highest BCUT2D eigenvalue weighted by Gasteiger charge is 2.03. The van der Waals surface area contributed by atoms with Crippen LogP contribution in [0.5, 0.6) is 0 Å². The van der Waals surface area contributed by atoms with Gasteiger partial charge in [-0.1, -0.05) is 6.07 Å². The number of thiol groups is 1. The Labute approximate surface area is 89.1 Å². The highest BCUT2D eigenvalue weighted by atomic mass is 79.9. The monoisotopic (exact) mass is 258 g/mol. The van der Waals surface area contributed by atoms with Crippen molar-refractivity contribution in [3.8, 4) is 0 Å². The van der Waals surface area contributed by atoms with E-state index in [-0.39, 0.29) is 0 Å². The first kappa shape index (κ1) is 8.60. The smallest absolute Gasteiger partial charge is 0.0581 e. The van der Waals surface area contributed by atoms with Crippen LogP contribution in [0.4, 0.5) is 0 Å². The Kier molecular flexibility index (Phi) is 2.19. The molecule has 0 aliphatic carbocycles. The molecule has 3 heteroatoms. The maximum Gasteiger partial charge on any atom is 0.0581 e. The molecule has 0 N–H and O–H groups in total. The average Bonchev–Trinajstić information content (AvgIpc) is 2.29. The Morgan fingerprint density at radius 3 is 2.83 bits per heavy atom. The summed E-state index contributed by atoms with van der Waals surface area (Å²) in [6.07, 6.45) is 0. The molecule has 0 bridgehead atoms. The molecule has 0 spiro atoms. The Morgan fingerprint density at radius 1 is 1.33 bits per heavy atom. The number of halogens is 1. The molecule has 0 radical (unpaired) electrons. The summed E-state index contributed by atoms with van der Waals surface area (Å²) in [5.74, 6) is 0. The lowest BCUT2D eigenvalue weighted by Crippen LogP contribution is -1.71. The van der Waals surface area contributed by atoms with E-state index in [1.807, 2.05) is 0 Å². The van der Waals surface area contributed by atoms with Gasteiger partial charge in [0.1, 0.15) is 0 Å². The van der Waals surface area contributed by atoms with Gasteiger partial charge in [-0.25, -0.2) is 0 Å². The van der Waals surface area contributed by atoms with Crippen molar-refractivity contribution in [2.45, 2.75) is 11.1 Å². The third kappa shape index (κ3) is 1.41.